The van der Waals surface area contributed by atoms with Gasteiger partial charge in [-0.2, -0.15) is 5.26 Å². The molecular weight excluding hydrogens is 260 g/mol. The minimum Gasteiger partial charge on any atom is -0.378 e. The fourth-order valence-electron chi connectivity index (χ4n) is 2.46. The molecule has 1 aromatic rings. The molecule has 1 saturated heterocycles. The van der Waals surface area contributed by atoms with Gasteiger partial charge in [0.2, 0.25) is 5.82 Å². The Bertz CT molecular complexity index is 541. The van der Waals surface area contributed by atoms with Gasteiger partial charge in [0.25, 0.3) is 0 Å². The van der Waals surface area contributed by atoms with Crippen molar-refractivity contribution in [2.24, 2.45) is 5.92 Å². The third-order valence-electron chi connectivity index (χ3n) is 3.51. The maximum atomic E-state index is 11.1. The van der Waals surface area contributed by atoms with Gasteiger partial charge >= 0.3 is 5.69 Å². The van der Waals surface area contributed by atoms with Gasteiger partial charge in [-0.1, -0.05) is 6.92 Å². The lowest BCUT2D eigenvalue weighted by Gasteiger charge is -2.17. The molecule has 1 N–H and O–H groups in total. The van der Waals surface area contributed by atoms with Gasteiger partial charge in [-0.05, 0) is 18.9 Å². The van der Waals surface area contributed by atoms with E-state index in [0.717, 1.165) is 19.4 Å². The second-order valence-electron chi connectivity index (χ2n) is 4.67. The SMILES string of the molecule is CCC1OCCC1CNc1nccc(C#N)c1[N+](=O)[O-]. The molecule has 1 fully saturated rings. The summed E-state index contributed by atoms with van der Waals surface area (Å²) in [6.07, 6.45) is 3.42. The molecule has 2 heterocycles. The third-order valence-corrected chi connectivity index (χ3v) is 3.51. The average Bonchev–Trinajstić information content (AvgIpc) is 2.91. The number of hydrogen-bond donors (Lipinski definition) is 1. The van der Waals surface area contributed by atoms with E-state index in [0.29, 0.717) is 12.5 Å². The van der Waals surface area contributed by atoms with Crippen LogP contribution in [0.4, 0.5) is 11.5 Å². The van der Waals surface area contributed by atoms with E-state index in [1.54, 1.807) is 0 Å². The second-order valence-corrected chi connectivity index (χ2v) is 4.67. The van der Waals surface area contributed by atoms with Crippen molar-refractivity contribution in [2.45, 2.75) is 25.9 Å². The molecule has 2 rings (SSSR count). The lowest BCUT2D eigenvalue weighted by atomic mass is 10.00. The van der Waals surface area contributed by atoms with Crippen LogP contribution in [0, 0.1) is 27.4 Å². The van der Waals surface area contributed by atoms with Crippen LogP contribution in [0.25, 0.3) is 0 Å². The van der Waals surface area contributed by atoms with Crippen LogP contribution in [0.2, 0.25) is 0 Å². The van der Waals surface area contributed by atoms with E-state index < -0.39 is 4.92 Å². The number of nitrogens with zero attached hydrogens (tertiary/aromatic N) is 3. The number of hydrogen-bond acceptors (Lipinski definition) is 6. The molecule has 0 bridgehead atoms. The summed E-state index contributed by atoms with van der Waals surface area (Å²) in [6, 6.07) is 3.16. The molecule has 0 aliphatic carbocycles. The Morgan fingerprint density at radius 3 is 3.15 bits per heavy atom. The Kier molecular flexibility index (Phi) is 4.48. The predicted octanol–water partition coefficient (Wildman–Crippen LogP) is 2.09. The molecule has 20 heavy (non-hydrogen) atoms. The molecule has 106 valence electrons. The zero-order chi connectivity index (χ0) is 14.5. The first-order valence-corrected chi connectivity index (χ1v) is 6.56. The zero-order valence-electron chi connectivity index (χ0n) is 11.2. The van der Waals surface area contributed by atoms with Crippen molar-refractivity contribution in [2.75, 3.05) is 18.5 Å². The minimum absolute atomic E-state index is 0.0159. The quantitative estimate of drug-likeness (QED) is 0.652. The predicted molar refractivity (Wildman–Crippen MR) is 72.2 cm³/mol. The summed E-state index contributed by atoms with van der Waals surface area (Å²) in [7, 11) is 0. The van der Waals surface area contributed by atoms with Crippen LogP contribution in [0.1, 0.15) is 25.3 Å². The van der Waals surface area contributed by atoms with Gasteiger partial charge in [0, 0.05) is 25.3 Å². The van der Waals surface area contributed by atoms with Crippen LogP contribution in [0.3, 0.4) is 0 Å². The summed E-state index contributed by atoms with van der Waals surface area (Å²) in [4.78, 5) is 14.5. The maximum Gasteiger partial charge on any atom is 0.328 e. The van der Waals surface area contributed by atoms with E-state index in [2.05, 4.69) is 17.2 Å². The van der Waals surface area contributed by atoms with Gasteiger partial charge in [0.05, 0.1) is 11.0 Å². The van der Waals surface area contributed by atoms with Crippen LogP contribution in [-0.2, 0) is 4.74 Å². The number of nitro groups is 1. The molecule has 0 spiro atoms. The Morgan fingerprint density at radius 2 is 2.50 bits per heavy atom. The largest absolute Gasteiger partial charge is 0.378 e. The molecule has 0 aromatic carbocycles. The molecular formula is C13H16N4O3. The van der Waals surface area contributed by atoms with Crippen LogP contribution in [0.5, 0.6) is 0 Å². The maximum absolute atomic E-state index is 11.1. The number of anilines is 1. The van der Waals surface area contributed by atoms with Crippen LogP contribution >= 0.6 is 0 Å². The summed E-state index contributed by atoms with van der Waals surface area (Å²) in [5, 5.41) is 23.0. The van der Waals surface area contributed by atoms with E-state index >= 15 is 0 Å². The molecule has 0 saturated carbocycles. The van der Waals surface area contributed by atoms with E-state index in [1.807, 2.05) is 6.07 Å². The van der Waals surface area contributed by atoms with E-state index in [-0.39, 0.29) is 23.2 Å². The van der Waals surface area contributed by atoms with Crippen molar-refractivity contribution in [3.05, 3.63) is 27.9 Å². The van der Waals surface area contributed by atoms with Gasteiger partial charge in [-0.3, -0.25) is 10.1 Å². The lowest BCUT2D eigenvalue weighted by molar-refractivity contribution is -0.384. The highest BCUT2D eigenvalue weighted by molar-refractivity contribution is 5.64. The van der Waals surface area contributed by atoms with E-state index in [4.69, 9.17) is 10.00 Å². The fourth-order valence-corrected chi connectivity index (χ4v) is 2.46. The molecule has 1 aromatic heterocycles. The summed E-state index contributed by atoms with van der Waals surface area (Å²) in [5.41, 5.74) is -0.246. The number of nitriles is 1. The Labute approximate surface area is 116 Å². The van der Waals surface area contributed by atoms with Crippen molar-refractivity contribution in [1.82, 2.24) is 4.98 Å². The Morgan fingerprint density at radius 1 is 1.70 bits per heavy atom. The monoisotopic (exact) mass is 276 g/mol. The standard InChI is InChI=1S/C13H16N4O3/c1-2-11-10(4-6-20-11)8-16-13-12(17(18)19)9(7-14)3-5-15-13/h3,5,10-11H,2,4,6,8H2,1H3,(H,15,16). The normalized spacial score (nSPS) is 21.4. The molecule has 0 amide bonds. The first kappa shape index (κ1) is 14.2. The number of pyridine rings is 1. The van der Waals surface area contributed by atoms with Crippen molar-refractivity contribution < 1.29 is 9.66 Å². The zero-order valence-corrected chi connectivity index (χ0v) is 11.2. The molecule has 0 radical (unpaired) electrons. The van der Waals surface area contributed by atoms with Crippen molar-refractivity contribution >= 4 is 11.5 Å². The van der Waals surface area contributed by atoms with Crippen LogP contribution in [0.15, 0.2) is 12.3 Å². The highest BCUT2D eigenvalue weighted by atomic mass is 16.6. The first-order valence-electron chi connectivity index (χ1n) is 6.56. The topological polar surface area (TPSA) is 101 Å². The van der Waals surface area contributed by atoms with E-state index in [1.165, 1.54) is 12.3 Å². The smallest absolute Gasteiger partial charge is 0.328 e. The van der Waals surface area contributed by atoms with Gasteiger partial charge < -0.3 is 10.1 Å². The average molecular weight is 276 g/mol. The molecule has 7 nitrogen and oxygen atoms in total. The molecule has 1 aliphatic heterocycles. The van der Waals surface area contributed by atoms with Crippen LogP contribution in [-0.4, -0.2) is 29.2 Å². The summed E-state index contributed by atoms with van der Waals surface area (Å²) < 4.78 is 5.58. The Hall–Kier alpha value is -2.20. The third kappa shape index (κ3) is 2.86. The van der Waals surface area contributed by atoms with Crippen molar-refractivity contribution in [1.29, 1.82) is 5.26 Å². The summed E-state index contributed by atoms with van der Waals surface area (Å²) in [5.74, 6) is 0.461. The molecule has 7 heteroatoms. The Balaban J connectivity index is 2.14. The highest BCUT2D eigenvalue weighted by Crippen LogP contribution is 2.28. The number of aromatic nitrogens is 1. The number of nitrogens with one attached hydrogen (secondary N) is 1. The number of ether oxygens (including phenoxy) is 1. The summed E-state index contributed by atoms with van der Waals surface area (Å²) >= 11 is 0. The van der Waals surface area contributed by atoms with Crippen molar-refractivity contribution in [3.8, 4) is 6.07 Å². The molecule has 1 aliphatic rings. The number of rotatable bonds is 5. The first-order chi connectivity index (χ1) is 9.67. The molecule has 2 unspecified atom stereocenters. The van der Waals surface area contributed by atoms with Gasteiger partial charge in [0.15, 0.2) is 0 Å². The van der Waals surface area contributed by atoms with Crippen LogP contribution < -0.4 is 5.32 Å². The highest BCUT2D eigenvalue weighted by Gasteiger charge is 2.28. The van der Waals surface area contributed by atoms with Gasteiger partial charge in [-0.25, -0.2) is 4.98 Å². The van der Waals surface area contributed by atoms with E-state index in [9.17, 15) is 10.1 Å². The summed E-state index contributed by atoms with van der Waals surface area (Å²) in [6.45, 7) is 3.33. The van der Waals surface area contributed by atoms with Gasteiger partial charge in [0.1, 0.15) is 11.6 Å². The minimum atomic E-state index is -0.573. The second kappa shape index (κ2) is 6.30. The van der Waals surface area contributed by atoms with Gasteiger partial charge in [-0.15, -0.1) is 0 Å². The van der Waals surface area contributed by atoms with Crippen molar-refractivity contribution in [3.63, 3.8) is 0 Å². The lowest BCUT2D eigenvalue weighted by Crippen LogP contribution is -2.23. The molecule has 2 atom stereocenters. The fraction of sp³-hybridized carbons (Fsp3) is 0.538.